The van der Waals surface area contributed by atoms with Crippen LogP contribution in [0.5, 0.6) is 11.5 Å². The lowest BCUT2D eigenvalue weighted by molar-refractivity contribution is -0.140. The fourth-order valence-electron chi connectivity index (χ4n) is 4.02. The molecule has 0 radical (unpaired) electrons. The smallest absolute Gasteiger partial charge is 0.295 e. The number of aliphatic hydroxyl groups is 1. The maximum atomic E-state index is 13.2. The van der Waals surface area contributed by atoms with E-state index >= 15 is 0 Å². The number of hydrogen-bond donors (Lipinski definition) is 1. The van der Waals surface area contributed by atoms with Crippen LogP contribution in [0.3, 0.4) is 0 Å². The van der Waals surface area contributed by atoms with Gasteiger partial charge in [0.2, 0.25) is 0 Å². The number of aliphatic hydroxyl groups excluding tert-OH is 1. The third-order valence-corrected chi connectivity index (χ3v) is 5.56. The summed E-state index contributed by atoms with van der Waals surface area (Å²) < 4.78 is 11.0. The highest BCUT2D eigenvalue weighted by molar-refractivity contribution is 6.46. The summed E-state index contributed by atoms with van der Waals surface area (Å²) in [7, 11) is 0. The Labute approximate surface area is 198 Å². The molecule has 4 rings (SSSR count). The molecule has 2 heterocycles. The Hall–Kier alpha value is -4.13. The van der Waals surface area contributed by atoms with E-state index in [2.05, 4.69) is 4.98 Å². The molecule has 1 aliphatic heterocycles. The molecule has 1 aliphatic rings. The van der Waals surface area contributed by atoms with Gasteiger partial charge in [0.25, 0.3) is 11.7 Å². The number of benzene rings is 2. The van der Waals surface area contributed by atoms with Crippen LogP contribution in [0.2, 0.25) is 0 Å². The van der Waals surface area contributed by atoms with Gasteiger partial charge in [0, 0.05) is 24.5 Å². The second-order valence-corrected chi connectivity index (χ2v) is 7.75. The van der Waals surface area contributed by atoms with Gasteiger partial charge >= 0.3 is 0 Å². The van der Waals surface area contributed by atoms with Gasteiger partial charge in [-0.2, -0.15) is 0 Å². The molecule has 1 aromatic heterocycles. The van der Waals surface area contributed by atoms with Gasteiger partial charge in [-0.3, -0.25) is 14.6 Å². The molecule has 1 atom stereocenters. The molecule has 2 aromatic carbocycles. The van der Waals surface area contributed by atoms with E-state index in [-0.39, 0.29) is 17.9 Å². The van der Waals surface area contributed by atoms with Crippen molar-refractivity contribution in [3.05, 3.63) is 95.3 Å². The standard InChI is InChI=1S/C27H26N2O5/c1-3-33-21-11-7-19(8-12-21)24-23(25(30)20-9-13-22(14-10-20)34-4-2)26(31)27(32)29(24)17-18-6-5-15-28-16-18/h5-16,24,30H,3-4,17H2,1-2H3/b25-23-. The Bertz CT molecular complexity index is 1190. The maximum Gasteiger partial charge on any atom is 0.295 e. The Morgan fingerprint density at radius 2 is 1.56 bits per heavy atom. The van der Waals surface area contributed by atoms with E-state index in [0.717, 1.165) is 5.56 Å². The Morgan fingerprint density at radius 3 is 2.12 bits per heavy atom. The van der Waals surface area contributed by atoms with E-state index in [9.17, 15) is 14.7 Å². The summed E-state index contributed by atoms with van der Waals surface area (Å²) in [5.41, 5.74) is 1.95. The first-order chi connectivity index (χ1) is 16.5. The van der Waals surface area contributed by atoms with Crippen molar-refractivity contribution >= 4 is 17.4 Å². The monoisotopic (exact) mass is 458 g/mol. The fourth-order valence-corrected chi connectivity index (χ4v) is 4.02. The third kappa shape index (κ3) is 4.64. The minimum Gasteiger partial charge on any atom is -0.507 e. The molecular formula is C27H26N2O5. The zero-order chi connectivity index (χ0) is 24.1. The van der Waals surface area contributed by atoms with Crippen molar-refractivity contribution in [3.63, 3.8) is 0 Å². The van der Waals surface area contributed by atoms with Crippen LogP contribution in [0.4, 0.5) is 0 Å². The number of hydrogen-bond acceptors (Lipinski definition) is 6. The van der Waals surface area contributed by atoms with Crippen molar-refractivity contribution in [3.8, 4) is 11.5 Å². The van der Waals surface area contributed by atoms with Crippen molar-refractivity contribution in [2.24, 2.45) is 0 Å². The molecule has 1 fully saturated rings. The molecular weight excluding hydrogens is 432 g/mol. The van der Waals surface area contributed by atoms with Gasteiger partial charge in [0.15, 0.2) is 0 Å². The lowest BCUT2D eigenvalue weighted by Crippen LogP contribution is -2.29. The highest BCUT2D eigenvalue weighted by atomic mass is 16.5. The van der Waals surface area contributed by atoms with Crippen LogP contribution in [0, 0.1) is 0 Å². The van der Waals surface area contributed by atoms with E-state index in [1.54, 1.807) is 54.9 Å². The van der Waals surface area contributed by atoms with E-state index < -0.39 is 17.7 Å². The topological polar surface area (TPSA) is 89.0 Å². The average Bonchev–Trinajstić information content (AvgIpc) is 3.10. The zero-order valence-electron chi connectivity index (χ0n) is 19.1. The summed E-state index contributed by atoms with van der Waals surface area (Å²) in [5.74, 6) is -0.292. The number of ketones is 1. The summed E-state index contributed by atoms with van der Waals surface area (Å²) in [6, 6.07) is 16.8. The predicted octanol–water partition coefficient (Wildman–Crippen LogP) is 4.50. The molecule has 3 aromatic rings. The number of rotatable bonds is 8. The lowest BCUT2D eigenvalue weighted by Gasteiger charge is -2.25. The molecule has 0 bridgehead atoms. The number of pyridine rings is 1. The first-order valence-electron chi connectivity index (χ1n) is 11.2. The van der Waals surface area contributed by atoms with Crippen molar-refractivity contribution in [1.82, 2.24) is 9.88 Å². The second-order valence-electron chi connectivity index (χ2n) is 7.75. The van der Waals surface area contributed by atoms with Crippen LogP contribution in [0.25, 0.3) is 5.76 Å². The number of ether oxygens (including phenoxy) is 2. The maximum absolute atomic E-state index is 13.2. The third-order valence-electron chi connectivity index (χ3n) is 5.56. The first-order valence-corrected chi connectivity index (χ1v) is 11.2. The quantitative estimate of drug-likeness (QED) is 0.304. The van der Waals surface area contributed by atoms with Gasteiger partial charge in [0.05, 0.1) is 24.8 Å². The average molecular weight is 459 g/mol. The molecule has 7 heteroatoms. The van der Waals surface area contributed by atoms with E-state index in [1.807, 2.05) is 32.0 Å². The van der Waals surface area contributed by atoms with Crippen molar-refractivity contribution < 1.29 is 24.2 Å². The number of carbonyl (C=O) groups is 2. The molecule has 174 valence electrons. The van der Waals surface area contributed by atoms with Gasteiger partial charge in [0.1, 0.15) is 17.3 Å². The molecule has 1 N–H and O–H groups in total. The Balaban J connectivity index is 1.79. The van der Waals surface area contributed by atoms with Crippen LogP contribution >= 0.6 is 0 Å². The predicted molar refractivity (Wildman–Crippen MR) is 127 cm³/mol. The number of likely N-dealkylation sites (tertiary alicyclic amines) is 1. The van der Waals surface area contributed by atoms with Crippen molar-refractivity contribution in [1.29, 1.82) is 0 Å². The molecule has 7 nitrogen and oxygen atoms in total. The van der Waals surface area contributed by atoms with Gasteiger partial charge in [-0.05, 0) is 67.4 Å². The minimum atomic E-state index is -0.762. The minimum absolute atomic E-state index is 0.0437. The van der Waals surface area contributed by atoms with Gasteiger partial charge < -0.3 is 19.5 Å². The molecule has 0 aliphatic carbocycles. The summed E-state index contributed by atoms with van der Waals surface area (Å²) in [4.78, 5) is 31.9. The Kier molecular flexibility index (Phi) is 6.92. The summed E-state index contributed by atoms with van der Waals surface area (Å²) in [6.07, 6.45) is 3.30. The van der Waals surface area contributed by atoms with Crippen molar-refractivity contribution in [2.45, 2.75) is 26.4 Å². The zero-order valence-corrected chi connectivity index (χ0v) is 19.1. The highest BCUT2D eigenvalue weighted by Gasteiger charge is 2.46. The lowest BCUT2D eigenvalue weighted by atomic mass is 9.95. The molecule has 0 saturated carbocycles. The van der Waals surface area contributed by atoms with E-state index in [1.165, 1.54) is 4.90 Å². The molecule has 1 unspecified atom stereocenters. The normalized spacial score (nSPS) is 17.1. The number of nitrogens with zero attached hydrogens (tertiary/aromatic N) is 2. The van der Waals surface area contributed by atoms with Crippen LogP contribution in [0.15, 0.2) is 78.6 Å². The largest absolute Gasteiger partial charge is 0.507 e. The van der Waals surface area contributed by atoms with Crippen LogP contribution in [-0.4, -0.2) is 39.9 Å². The van der Waals surface area contributed by atoms with Gasteiger partial charge in [-0.15, -0.1) is 0 Å². The van der Waals surface area contributed by atoms with Crippen molar-refractivity contribution in [2.75, 3.05) is 13.2 Å². The molecule has 1 saturated heterocycles. The van der Waals surface area contributed by atoms with Crippen LogP contribution < -0.4 is 9.47 Å². The van der Waals surface area contributed by atoms with E-state index in [0.29, 0.717) is 35.8 Å². The van der Waals surface area contributed by atoms with Gasteiger partial charge in [-0.1, -0.05) is 18.2 Å². The number of Topliss-reactive ketones (excluding diaryl/α,β-unsaturated/α-hetero) is 1. The molecule has 1 amide bonds. The van der Waals surface area contributed by atoms with Crippen LogP contribution in [-0.2, 0) is 16.1 Å². The molecule has 34 heavy (non-hydrogen) atoms. The second kappa shape index (κ2) is 10.2. The van der Waals surface area contributed by atoms with E-state index in [4.69, 9.17) is 9.47 Å². The SMILES string of the molecule is CCOc1ccc(/C(O)=C2/C(=O)C(=O)N(Cc3cccnc3)C2c2ccc(OCC)cc2)cc1. The number of amides is 1. The Morgan fingerprint density at radius 1 is 0.941 bits per heavy atom. The molecule has 0 spiro atoms. The first kappa shape index (κ1) is 23.0. The summed E-state index contributed by atoms with van der Waals surface area (Å²) in [5, 5.41) is 11.2. The number of aromatic nitrogens is 1. The highest BCUT2D eigenvalue weighted by Crippen LogP contribution is 2.40. The number of carbonyl (C=O) groups excluding carboxylic acids is 2. The summed E-state index contributed by atoms with van der Waals surface area (Å²) in [6.45, 7) is 5.00. The summed E-state index contributed by atoms with van der Waals surface area (Å²) >= 11 is 0. The van der Waals surface area contributed by atoms with Gasteiger partial charge in [-0.25, -0.2) is 0 Å². The van der Waals surface area contributed by atoms with Crippen LogP contribution in [0.1, 0.15) is 36.6 Å². The fraction of sp³-hybridized carbons (Fsp3) is 0.222.